The molecule has 0 fully saturated rings. The molecule has 0 saturated heterocycles. The van der Waals surface area contributed by atoms with Crippen LogP contribution in [0.1, 0.15) is 29.8 Å². The van der Waals surface area contributed by atoms with Crippen LogP contribution in [0.4, 0.5) is 8.78 Å². The Hall–Kier alpha value is -0.490. The highest BCUT2D eigenvalue weighted by Gasteiger charge is 2.19. The van der Waals surface area contributed by atoms with Crippen molar-refractivity contribution < 1.29 is 8.78 Å². The van der Waals surface area contributed by atoms with Crippen molar-refractivity contribution in [3.63, 3.8) is 0 Å². The summed E-state index contributed by atoms with van der Waals surface area (Å²) in [6.45, 7) is 2.86. The third kappa shape index (κ3) is 4.25. The molecule has 0 aliphatic heterocycles. The summed E-state index contributed by atoms with van der Waals surface area (Å²) in [7, 11) is 0. The van der Waals surface area contributed by atoms with Crippen molar-refractivity contribution in [1.29, 1.82) is 0 Å². The summed E-state index contributed by atoms with van der Waals surface area (Å²) < 4.78 is 28.7. The molecular formula is C15H15BrClF2NS. The topological polar surface area (TPSA) is 12.0 Å². The molecule has 0 amide bonds. The molecule has 1 heterocycles. The molecule has 0 radical (unpaired) electrons. The second-order valence-corrected chi connectivity index (χ2v) is 7.23. The van der Waals surface area contributed by atoms with Gasteiger partial charge in [0, 0.05) is 15.4 Å². The number of thiophene rings is 1. The van der Waals surface area contributed by atoms with Crippen molar-refractivity contribution in [3.05, 3.63) is 55.1 Å². The van der Waals surface area contributed by atoms with Gasteiger partial charge in [0.25, 0.3) is 0 Å². The van der Waals surface area contributed by atoms with Gasteiger partial charge in [0.1, 0.15) is 4.34 Å². The Labute approximate surface area is 140 Å². The second-order valence-electron chi connectivity index (χ2n) is 4.69. The minimum absolute atomic E-state index is 0.0879. The van der Waals surface area contributed by atoms with E-state index in [4.69, 9.17) is 11.6 Å². The lowest BCUT2D eigenvalue weighted by atomic mass is 10.0. The third-order valence-corrected chi connectivity index (χ3v) is 5.69. The highest BCUT2D eigenvalue weighted by atomic mass is 79.9. The third-order valence-electron chi connectivity index (χ3n) is 3.10. The van der Waals surface area contributed by atoms with E-state index in [2.05, 4.69) is 28.2 Å². The predicted molar refractivity (Wildman–Crippen MR) is 88.1 cm³/mol. The van der Waals surface area contributed by atoms with Crippen LogP contribution in [0.2, 0.25) is 4.34 Å². The molecule has 1 aromatic carbocycles. The van der Waals surface area contributed by atoms with E-state index in [0.29, 0.717) is 16.3 Å². The number of benzene rings is 1. The van der Waals surface area contributed by atoms with Crippen LogP contribution in [0.25, 0.3) is 0 Å². The summed E-state index contributed by atoms with van der Waals surface area (Å²) >= 11 is 10.9. The van der Waals surface area contributed by atoms with Crippen LogP contribution in [0.3, 0.4) is 0 Å². The lowest BCUT2D eigenvalue weighted by Crippen LogP contribution is -2.23. The molecule has 114 valence electrons. The number of hydrogen-bond donors (Lipinski definition) is 1. The van der Waals surface area contributed by atoms with E-state index < -0.39 is 11.6 Å². The van der Waals surface area contributed by atoms with Gasteiger partial charge in [0.15, 0.2) is 11.6 Å². The van der Waals surface area contributed by atoms with Crippen molar-refractivity contribution in [2.24, 2.45) is 0 Å². The molecule has 6 heteroatoms. The largest absolute Gasteiger partial charge is 0.309 e. The van der Waals surface area contributed by atoms with Crippen molar-refractivity contribution in [1.82, 2.24) is 5.32 Å². The van der Waals surface area contributed by atoms with Gasteiger partial charge in [-0.3, -0.25) is 0 Å². The molecule has 0 aliphatic rings. The molecule has 2 rings (SSSR count). The average molecular weight is 395 g/mol. The van der Waals surface area contributed by atoms with Crippen LogP contribution in [-0.4, -0.2) is 6.54 Å². The van der Waals surface area contributed by atoms with Gasteiger partial charge >= 0.3 is 0 Å². The van der Waals surface area contributed by atoms with Crippen molar-refractivity contribution in [2.75, 3.05) is 6.54 Å². The summed E-state index contributed by atoms with van der Waals surface area (Å²) in [5.41, 5.74) is 0.365. The van der Waals surface area contributed by atoms with E-state index in [1.165, 1.54) is 17.4 Å². The molecule has 1 unspecified atom stereocenters. The zero-order valence-corrected chi connectivity index (χ0v) is 14.6. The monoisotopic (exact) mass is 393 g/mol. The number of nitrogens with one attached hydrogen (secondary N) is 1. The lowest BCUT2D eigenvalue weighted by molar-refractivity contribution is 0.479. The Morgan fingerprint density at radius 1 is 1.38 bits per heavy atom. The predicted octanol–water partition coefficient (Wildman–Crippen LogP) is 5.73. The molecule has 0 aliphatic carbocycles. The zero-order chi connectivity index (χ0) is 15.4. The maximum atomic E-state index is 13.8. The Balaban J connectivity index is 2.26. The van der Waals surface area contributed by atoms with Crippen LogP contribution in [0.5, 0.6) is 0 Å². The van der Waals surface area contributed by atoms with Gasteiger partial charge in [0.2, 0.25) is 0 Å². The minimum Gasteiger partial charge on any atom is -0.309 e. The van der Waals surface area contributed by atoms with Gasteiger partial charge in [0.05, 0.1) is 0 Å². The first-order valence-electron chi connectivity index (χ1n) is 6.64. The Morgan fingerprint density at radius 3 is 2.76 bits per heavy atom. The fourth-order valence-electron chi connectivity index (χ4n) is 2.05. The van der Waals surface area contributed by atoms with E-state index in [-0.39, 0.29) is 6.04 Å². The SMILES string of the molecule is CCCNC(Cc1cccc(F)c1F)c1cc(Br)c(Cl)s1. The molecule has 0 bridgehead atoms. The maximum absolute atomic E-state index is 13.8. The summed E-state index contributed by atoms with van der Waals surface area (Å²) in [6.07, 6.45) is 1.34. The van der Waals surface area contributed by atoms with E-state index in [1.54, 1.807) is 6.07 Å². The van der Waals surface area contributed by atoms with Gasteiger partial charge in [-0.05, 0) is 53.0 Å². The maximum Gasteiger partial charge on any atom is 0.162 e. The van der Waals surface area contributed by atoms with Gasteiger partial charge in [-0.15, -0.1) is 11.3 Å². The Morgan fingerprint density at radius 2 is 2.14 bits per heavy atom. The fourth-order valence-corrected chi connectivity index (χ4v) is 3.86. The van der Waals surface area contributed by atoms with Crippen LogP contribution in [0.15, 0.2) is 28.7 Å². The number of rotatable bonds is 6. The smallest absolute Gasteiger partial charge is 0.162 e. The van der Waals surface area contributed by atoms with E-state index in [0.717, 1.165) is 28.4 Å². The Kier molecular flexibility index (Phi) is 6.17. The number of hydrogen-bond acceptors (Lipinski definition) is 2. The second kappa shape index (κ2) is 7.68. The van der Waals surface area contributed by atoms with Crippen molar-refractivity contribution in [2.45, 2.75) is 25.8 Å². The summed E-state index contributed by atoms with van der Waals surface area (Å²) in [5.74, 6) is -1.59. The van der Waals surface area contributed by atoms with Gasteiger partial charge in [-0.2, -0.15) is 0 Å². The molecular weight excluding hydrogens is 380 g/mol. The van der Waals surface area contributed by atoms with Crippen molar-refractivity contribution in [3.8, 4) is 0 Å². The first-order valence-corrected chi connectivity index (χ1v) is 8.62. The zero-order valence-electron chi connectivity index (χ0n) is 11.4. The average Bonchev–Trinajstić information content (AvgIpc) is 2.79. The first-order chi connectivity index (χ1) is 10.0. The molecule has 1 atom stereocenters. The van der Waals surface area contributed by atoms with Gasteiger partial charge in [-0.1, -0.05) is 30.7 Å². The summed E-state index contributed by atoms with van der Waals surface area (Å²) in [6, 6.07) is 6.12. The highest BCUT2D eigenvalue weighted by Crippen LogP contribution is 2.36. The van der Waals surface area contributed by atoms with E-state index in [9.17, 15) is 8.78 Å². The standard InChI is InChI=1S/C15H15BrClF2NS/c1-2-6-20-12(13-8-10(16)15(17)21-13)7-9-4-3-5-11(18)14(9)19/h3-5,8,12,20H,2,6-7H2,1H3. The van der Waals surface area contributed by atoms with E-state index in [1.807, 2.05) is 6.07 Å². The molecule has 1 N–H and O–H groups in total. The molecule has 2 aromatic rings. The number of halogens is 4. The van der Waals surface area contributed by atoms with Crippen LogP contribution in [-0.2, 0) is 6.42 Å². The first kappa shape index (κ1) is 16.9. The molecule has 1 nitrogen and oxygen atoms in total. The highest BCUT2D eigenvalue weighted by molar-refractivity contribution is 9.10. The fraction of sp³-hybridized carbons (Fsp3) is 0.333. The van der Waals surface area contributed by atoms with Crippen molar-refractivity contribution >= 4 is 38.9 Å². The van der Waals surface area contributed by atoms with Gasteiger partial charge in [-0.25, -0.2) is 8.78 Å². The molecule has 1 aromatic heterocycles. The normalized spacial score (nSPS) is 12.6. The minimum atomic E-state index is -0.813. The molecule has 0 spiro atoms. The summed E-state index contributed by atoms with van der Waals surface area (Å²) in [5, 5.41) is 3.36. The van der Waals surface area contributed by atoms with E-state index >= 15 is 0 Å². The van der Waals surface area contributed by atoms with Crippen LogP contribution < -0.4 is 5.32 Å². The quantitative estimate of drug-likeness (QED) is 0.660. The van der Waals surface area contributed by atoms with Crippen LogP contribution in [0, 0.1) is 11.6 Å². The lowest BCUT2D eigenvalue weighted by Gasteiger charge is -2.17. The molecule has 21 heavy (non-hydrogen) atoms. The Bertz CT molecular complexity index is 598. The summed E-state index contributed by atoms with van der Waals surface area (Å²) in [4.78, 5) is 1.00. The van der Waals surface area contributed by atoms with Gasteiger partial charge < -0.3 is 5.32 Å². The molecule has 0 saturated carbocycles. The van der Waals surface area contributed by atoms with Crippen LogP contribution >= 0.6 is 38.9 Å².